The van der Waals surface area contributed by atoms with Crippen molar-refractivity contribution in [3.05, 3.63) is 29.3 Å². The summed E-state index contributed by atoms with van der Waals surface area (Å²) in [5.74, 6) is -0.580. The van der Waals surface area contributed by atoms with Crippen molar-refractivity contribution in [2.75, 3.05) is 13.1 Å². The topological polar surface area (TPSA) is 50.4 Å². The maximum absolute atomic E-state index is 13.9. The molecule has 1 atom stereocenters. The molecule has 114 valence electrons. The normalized spacial score (nSPS) is 11.6. The minimum absolute atomic E-state index is 0.0269. The van der Waals surface area contributed by atoms with Crippen molar-refractivity contribution in [3.63, 3.8) is 0 Å². The third-order valence-electron chi connectivity index (χ3n) is 2.67. The van der Waals surface area contributed by atoms with Gasteiger partial charge in [-0.15, -0.1) is 6.42 Å². The molecule has 0 heterocycles. The van der Waals surface area contributed by atoms with Crippen molar-refractivity contribution in [2.24, 2.45) is 0 Å². The van der Waals surface area contributed by atoms with Gasteiger partial charge in [-0.25, -0.2) is 8.78 Å². The highest BCUT2D eigenvalue weighted by Gasteiger charge is 2.19. The number of nitrogens with one attached hydrogen (secondary N) is 2. The van der Waals surface area contributed by atoms with E-state index in [1.807, 2.05) is 6.92 Å². The van der Waals surface area contributed by atoms with E-state index in [-0.39, 0.29) is 6.54 Å². The number of ether oxygens (including phenoxy) is 1. The molecule has 2 N–H and O–H groups in total. The van der Waals surface area contributed by atoms with Crippen molar-refractivity contribution < 1.29 is 18.3 Å². The van der Waals surface area contributed by atoms with Crippen LogP contribution < -0.4 is 15.4 Å². The van der Waals surface area contributed by atoms with Crippen LogP contribution in [0, 0.1) is 24.0 Å². The zero-order valence-corrected chi connectivity index (χ0v) is 12.0. The average Bonchev–Trinajstić information content (AvgIpc) is 2.45. The maximum Gasteiger partial charge on any atom is 0.261 e. The molecule has 1 aromatic carbocycles. The van der Waals surface area contributed by atoms with Crippen LogP contribution in [0.25, 0.3) is 0 Å². The third-order valence-corrected chi connectivity index (χ3v) is 2.67. The Morgan fingerprint density at radius 2 is 2.05 bits per heavy atom. The first kappa shape index (κ1) is 16.9. The number of hydrogen-bond acceptors (Lipinski definition) is 3. The van der Waals surface area contributed by atoms with Crippen LogP contribution in [-0.2, 0) is 11.3 Å². The van der Waals surface area contributed by atoms with Crippen molar-refractivity contribution >= 4 is 5.91 Å². The molecule has 0 fully saturated rings. The summed E-state index contributed by atoms with van der Waals surface area (Å²) in [5.41, 5.74) is 0.462. The highest BCUT2D eigenvalue weighted by Crippen LogP contribution is 2.24. The molecule has 1 rings (SSSR count). The summed E-state index contributed by atoms with van der Waals surface area (Å²) < 4.78 is 32.8. The lowest BCUT2D eigenvalue weighted by Gasteiger charge is -2.15. The number of carbonyl (C=O) groups excluding carboxylic acids is 1. The molecule has 0 aromatic heterocycles. The van der Waals surface area contributed by atoms with E-state index in [4.69, 9.17) is 11.2 Å². The molecule has 1 aromatic rings. The number of amides is 1. The minimum atomic E-state index is -1.05. The van der Waals surface area contributed by atoms with E-state index in [0.29, 0.717) is 18.7 Å². The number of halogens is 2. The number of benzene rings is 1. The lowest BCUT2D eigenvalue weighted by atomic mass is 10.2. The van der Waals surface area contributed by atoms with Gasteiger partial charge < -0.3 is 15.4 Å². The van der Waals surface area contributed by atoms with Gasteiger partial charge in [-0.3, -0.25) is 4.79 Å². The van der Waals surface area contributed by atoms with Crippen LogP contribution in [0.4, 0.5) is 8.78 Å². The summed E-state index contributed by atoms with van der Waals surface area (Å²) in [5, 5.41) is 5.34. The summed E-state index contributed by atoms with van der Waals surface area (Å²) >= 11 is 0. The summed E-state index contributed by atoms with van der Waals surface area (Å²) in [6.07, 6.45) is 3.95. The van der Waals surface area contributed by atoms with Crippen LogP contribution >= 0.6 is 0 Å². The van der Waals surface area contributed by atoms with E-state index in [0.717, 1.165) is 0 Å². The summed E-state index contributed by atoms with van der Waals surface area (Å²) in [6.45, 7) is 4.34. The van der Waals surface area contributed by atoms with Crippen molar-refractivity contribution in [1.82, 2.24) is 10.6 Å². The molecule has 1 amide bonds. The third kappa shape index (κ3) is 5.04. The molecule has 0 saturated heterocycles. The Morgan fingerprint density at radius 1 is 1.43 bits per heavy atom. The maximum atomic E-state index is 13.9. The Morgan fingerprint density at radius 3 is 2.57 bits per heavy atom. The summed E-state index contributed by atoms with van der Waals surface area (Å²) in [4.78, 5) is 11.6. The van der Waals surface area contributed by atoms with E-state index in [2.05, 4.69) is 16.6 Å². The molecule has 1 unspecified atom stereocenters. The Labute approximate surface area is 122 Å². The van der Waals surface area contributed by atoms with Crippen LogP contribution in [0.1, 0.15) is 19.4 Å². The standard InChI is InChI=1S/C15H18F2N2O2/c1-4-6-19-15(20)10(3)21-14-12(16)7-11(8-13(14)17)9-18-5-2/h1,7-8,10,18H,5-6,9H2,2-3H3,(H,19,20). The molecule has 0 saturated carbocycles. The number of terminal acetylenes is 1. The van der Waals surface area contributed by atoms with E-state index in [9.17, 15) is 13.6 Å². The predicted molar refractivity (Wildman–Crippen MR) is 75.7 cm³/mol. The molecule has 0 aliphatic rings. The zero-order chi connectivity index (χ0) is 15.8. The molecule has 0 radical (unpaired) electrons. The highest BCUT2D eigenvalue weighted by atomic mass is 19.1. The first-order chi connectivity index (χ1) is 9.99. The van der Waals surface area contributed by atoms with Crippen molar-refractivity contribution in [3.8, 4) is 18.1 Å². The minimum Gasteiger partial charge on any atom is -0.475 e. The second-order valence-electron chi connectivity index (χ2n) is 4.35. The molecule has 4 nitrogen and oxygen atoms in total. The van der Waals surface area contributed by atoms with Gasteiger partial charge in [-0.1, -0.05) is 12.8 Å². The zero-order valence-electron chi connectivity index (χ0n) is 12.0. The fourth-order valence-corrected chi connectivity index (χ4v) is 1.61. The van der Waals surface area contributed by atoms with Gasteiger partial charge in [0.2, 0.25) is 0 Å². The molecule has 21 heavy (non-hydrogen) atoms. The summed E-state index contributed by atoms with van der Waals surface area (Å²) in [7, 11) is 0. The monoisotopic (exact) mass is 296 g/mol. The van der Waals surface area contributed by atoms with Crippen molar-refractivity contribution in [1.29, 1.82) is 0 Å². The van der Waals surface area contributed by atoms with Gasteiger partial charge in [0.15, 0.2) is 23.5 Å². The predicted octanol–water partition coefficient (Wildman–Crippen LogP) is 1.59. The SMILES string of the molecule is C#CCNC(=O)C(C)Oc1c(F)cc(CNCC)cc1F. The molecule has 0 aliphatic heterocycles. The number of rotatable bonds is 7. The Kier molecular flexibility index (Phi) is 6.63. The molecule has 0 bridgehead atoms. The van der Waals surface area contributed by atoms with Crippen LogP contribution in [0.5, 0.6) is 5.75 Å². The van der Waals surface area contributed by atoms with Gasteiger partial charge >= 0.3 is 0 Å². The fraction of sp³-hybridized carbons (Fsp3) is 0.400. The Hall–Kier alpha value is -2.13. The first-order valence-corrected chi connectivity index (χ1v) is 6.56. The Balaban J connectivity index is 2.79. The summed E-state index contributed by atoms with van der Waals surface area (Å²) in [6, 6.07) is 2.35. The molecular formula is C15H18F2N2O2. The van der Waals surface area contributed by atoms with Gasteiger partial charge in [0.1, 0.15) is 0 Å². The lowest BCUT2D eigenvalue weighted by molar-refractivity contribution is -0.127. The van der Waals surface area contributed by atoms with Gasteiger partial charge in [0.25, 0.3) is 5.91 Å². The largest absolute Gasteiger partial charge is 0.475 e. The van der Waals surface area contributed by atoms with E-state index < -0.39 is 29.4 Å². The molecular weight excluding hydrogens is 278 g/mol. The highest BCUT2D eigenvalue weighted by molar-refractivity contribution is 5.80. The van der Waals surface area contributed by atoms with Crippen LogP contribution in [0.15, 0.2) is 12.1 Å². The van der Waals surface area contributed by atoms with Crippen LogP contribution in [0.2, 0.25) is 0 Å². The second-order valence-corrected chi connectivity index (χ2v) is 4.35. The van der Waals surface area contributed by atoms with Crippen LogP contribution in [-0.4, -0.2) is 25.1 Å². The molecule has 6 heteroatoms. The number of hydrogen-bond donors (Lipinski definition) is 2. The van der Waals surface area contributed by atoms with E-state index >= 15 is 0 Å². The van der Waals surface area contributed by atoms with Crippen LogP contribution in [0.3, 0.4) is 0 Å². The fourth-order valence-electron chi connectivity index (χ4n) is 1.61. The van der Waals surface area contributed by atoms with Gasteiger partial charge in [-0.2, -0.15) is 0 Å². The lowest BCUT2D eigenvalue weighted by Crippen LogP contribution is -2.36. The molecule has 0 aliphatic carbocycles. The van der Waals surface area contributed by atoms with E-state index in [1.165, 1.54) is 19.1 Å². The number of carbonyl (C=O) groups is 1. The molecule has 0 spiro atoms. The van der Waals surface area contributed by atoms with Gasteiger partial charge in [0, 0.05) is 6.54 Å². The smallest absolute Gasteiger partial charge is 0.261 e. The first-order valence-electron chi connectivity index (χ1n) is 6.56. The van der Waals surface area contributed by atoms with Crippen molar-refractivity contribution in [2.45, 2.75) is 26.5 Å². The van der Waals surface area contributed by atoms with Gasteiger partial charge in [0.05, 0.1) is 6.54 Å². The quantitative estimate of drug-likeness (QED) is 0.751. The average molecular weight is 296 g/mol. The van der Waals surface area contributed by atoms with E-state index in [1.54, 1.807) is 0 Å². The van der Waals surface area contributed by atoms with Gasteiger partial charge in [-0.05, 0) is 31.2 Å². The Bertz CT molecular complexity index is 518. The second kappa shape index (κ2) is 8.22.